The van der Waals surface area contributed by atoms with E-state index in [9.17, 15) is 9.90 Å². The van der Waals surface area contributed by atoms with Gasteiger partial charge in [-0.3, -0.25) is 4.79 Å². The second-order valence-electron chi connectivity index (χ2n) is 7.54. The number of nitrogens with zero attached hydrogens (tertiary/aromatic N) is 3. The number of aliphatic hydroxyl groups excluding tert-OH is 1. The quantitative estimate of drug-likeness (QED) is 0.447. The van der Waals surface area contributed by atoms with Gasteiger partial charge < -0.3 is 25.5 Å². The molecule has 166 valence electrons. The van der Waals surface area contributed by atoms with Gasteiger partial charge in [0.15, 0.2) is 5.96 Å². The van der Waals surface area contributed by atoms with Gasteiger partial charge in [0, 0.05) is 45.0 Å². The summed E-state index contributed by atoms with van der Waals surface area (Å²) in [7, 11) is 0. The third-order valence-corrected chi connectivity index (χ3v) is 5.36. The molecule has 7 heteroatoms. The maximum Gasteiger partial charge on any atom is 0.244 e. The van der Waals surface area contributed by atoms with Gasteiger partial charge in [-0.15, -0.1) is 0 Å². The Morgan fingerprint density at radius 2 is 1.65 bits per heavy atom. The predicted molar refractivity (Wildman–Crippen MR) is 125 cm³/mol. The van der Waals surface area contributed by atoms with Crippen molar-refractivity contribution in [2.75, 3.05) is 50.7 Å². The number of para-hydroxylation sites is 1. The van der Waals surface area contributed by atoms with Crippen LogP contribution in [0.1, 0.15) is 25.0 Å². The molecule has 1 amide bonds. The molecule has 1 fully saturated rings. The van der Waals surface area contributed by atoms with Crippen molar-refractivity contribution in [3.63, 3.8) is 0 Å². The molecule has 2 aromatic carbocycles. The van der Waals surface area contributed by atoms with Gasteiger partial charge >= 0.3 is 0 Å². The SMILES string of the molecule is CCNC(=NCC(=O)N1CCN(c2ccccc2)CC1)NCCC(O)c1ccccc1. The van der Waals surface area contributed by atoms with Crippen LogP contribution in [0, 0.1) is 0 Å². The van der Waals surface area contributed by atoms with E-state index in [0.717, 1.165) is 18.7 Å². The molecule has 0 saturated carbocycles. The number of carbonyl (C=O) groups is 1. The molecule has 1 aliphatic rings. The number of piperazine rings is 1. The monoisotopic (exact) mass is 423 g/mol. The van der Waals surface area contributed by atoms with Crippen LogP contribution in [0.25, 0.3) is 0 Å². The van der Waals surface area contributed by atoms with Gasteiger partial charge in [0.2, 0.25) is 5.91 Å². The highest BCUT2D eigenvalue weighted by Gasteiger charge is 2.21. The number of guanidine groups is 1. The molecule has 0 aliphatic carbocycles. The van der Waals surface area contributed by atoms with Crippen LogP contribution < -0.4 is 15.5 Å². The lowest BCUT2D eigenvalue weighted by Crippen LogP contribution is -2.49. The summed E-state index contributed by atoms with van der Waals surface area (Å²) < 4.78 is 0. The number of amides is 1. The van der Waals surface area contributed by atoms with Crippen molar-refractivity contribution in [1.29, 1.82) is 0 Å². The standard InChI is InChI=1S/C24H33N5O2/c1-2-25-24(26-14-13-22(30)20-9-5-3-6-10-20)27-19-23(31)29-17-15-28(16-18-29)21-11-7-4-8-12-21/h3-12,22,30H,2,13-19H2,1H3,(H2,25,26,27). The van der Waals surface area contributed by atoms with E-state index < -0.39 is 6.10 Å². The van der Waals surface area contributed by atoms with Gasteiger partial charge in [0.25, 0.3) is 0 Å². The molecule has 1 heterocycles. The molecular formula is C24H33N5O2. The lowest BCUT2D eigenvalue weighted by atomic mass is 10.1. The fourth-order valence-corrected chi connectivity index (χ4v) is 3.61. The van der Waals surface area contributed by atoms with E-state index in [4.69, 9.17) is 0 Å². The molecule has 1 saturated heterocycles. The number of aliphatic hydroxyl groups is 1. The highest BCUT2D eigenvalue weighted by Crippen LogP contribution is 2.16. The Balaban J connectivity index is 1.43. The molecule has 0 aromatic heterocycles. The summed E-state index contributed by atoms with van der Waals surface area (Å²) in [5.74, 6) is 0.633. The average molecular weight is 424 g/mol. The van der Waals surface area contributed by atoms with Crippen LogP contribution >= 0.6 is 0 Å². The molecule has 3 rings (SSSR count). The van der Waals surface area contributed by atoms with E-state index in [1.54, 1.807) is 0 Å². The van der Waals surface area contributed by atoms with Crippen LogP contribution in [0.3, 0.4) is 0 Å². The molecule has 0 spiro atoms. The number of carbonyl (C=O) groups excluding carboxylic acids is 1. The molecule has 3 N–H and O–H groups in total. The largest absolute Gasteiger partial charge is 0.388 e. The van der Waals surface area contributed by atoms with Crippen LogP contribution in [0.4, 0.5) is 5.69 Å². The van der Waals surface area contributed by atoms with Gasteiger partial charge in [-0.25, -0.2) is 4.99 Å². The summed E-state index contributed by atoms with van der Waals surface area (Å²) in [6, 6.07) is 19.9. The second kappa shape index (κ2) is 12.0. The number of nitrogens with one attached hydrogen (secondary N) is 2. The first-order chi connectivity index (χ1) is 15.2. The van der Waals surface area contributed by atoms with Crippen LogP contribution in [-0.2, 0) is 4.79 Å². The Morgan fingerprint density at radius 3 is 2.29 bits per heavy atom. The summed E-state index contributed by atoms with van der Waals surface area (Å²) >= 11 is 0. The van der Waals surface area contributed by atoms with Crippen molar-refractivity contribution in [2.45, 2.75) is 19.4 Å². The molecular weight excluding hydrogens is 390 g/mol. The normalized spacial score (nSPS) is 15.5. The zero-order chi connectivity index (χ0) is 21.9. The van der Waals surface area contributed by atoms with E-state index in [2.05, 4.69) is 32.7 Å². The number of aliphatic imine (C=N–C) groups is 1. The van der Waals surface area contributed by atoms with E-state index in [1.807, 2.05) is 60.4 Å². The Kier molecular flexibility index (Phi) is 8.72. The number of rotatable bonds is 8. The van der Waals surface area contributed by atoms with Gasteiger partial charge in [-0.05, 0) is 31.0 Å². The van der Waals surface area contributed by atoms with Gasteiger partial charge in [0.1, 0.15) is 6.54 Å². The van der Waals surface area contributed by atoms with Crippen LogP contribution in [0.2, 0.25) is 0 Å². The van der Waals surface area contributed by atoms with Crippen molar-refractivity contribution in [2.24, 2.45) is 4.99 Å². The fraction of sp³-hybridized carbons (Fsp3) is 0.417. The van der Waals surface area contributed by atoms with Gasteiger partial charge in [0.05, 0.1) is 6.10 Å². The topological polar surface area (TPSA) is 80.2 Å². The molecule has 2 aromatic rings. The summed E-state index contributed by atoms with van der Waals surface area (Å²) in [6.45, 7) is 6.43. The summed E-state index contributed by atoms with van der Waals surface area (Å²) in [5.41, 5.74) is 2.10. The van der Waals surface area contributed by atoms with Crippen molar-refractivity contribution in [3.8, 4) is 0 Å². The Bertz CT molecular complexity index is 820. The second-order valence-corrected chi connectivity index (χ2v) is 7.54. The Labute approximate surface area is 184 Å². The zero-order valence-electron chi connectivity index (χ0n) is 18.2. The number of anilines is 1. The van der Waals surface area contributed by atoms with Crippen molar-refractivity contribution in [3.05, 3.63) is 66.2 Å². The number of hydrogen-bond acceptors (Lipinski definition) is 4. The van der Waals surface area contributed by atoms with Gasteiger partial charge in [-0.1, -0.05) is 48.5 Å². The fourth-order valence-electron chi connectivity index (χ4n) is 3.61. The van der Waals surface area contributed by atoms with Crippen molar-refractivity contribution < 1.29 is 9.90 Å². The van der Waals surface area contributed by atoms with E-state index in [0.29, 0.717) is 38.6 Å². The van der Waals surface area contributed by atoms with E-state index in [-0.39, 0.29) is 12.5 Å². The van der Waals surface area contributed by atoms with E-state index >= 15 is 0 Å². The minimum atomic E-state index is -0.529. The molecule has 0 bridgehead atoms. The minimum Gasteiger partial charge on any atom is -0.388 e. The predicted octanol–water partition coefficient (Wildman–Crippen LogP) is 2.01. The summed E-state index contributed by atoms with van der Waals surface area (Å²) in [6.07, 6.45) is 0.0308. The molecule has 1 unspecified atom stereocenters. The van der Waals surface area contributed by atoms with E-state index in [1.165, 1.54) is 5.69 Å². The third-order valence-electron chi connectivity index (χ3n) is 5.36. The molecule has 1 atom stereocenters. The molecule has 31 heavy (non-hydrogen) atoms. The first kappa shape index (κ1) is 22.6. The highest BCUT2D eigenvalue weighted by atomic mass is 16.3. The van der Waals surface area contributed by atoms with Crippen molar-refractivity contribution in [1.82, 2.24) is 15.5 Å². The zero-order valence-corrected chi connectivity index (χ0v) is 18.2. The first-order valence-electron chi connectivity index (χ1n) is 11.0. The summed E-state index contributed by atoms with van der Waals surface area (Å²) in [5, 5.41) is 16.7. The Hall–Kier alpha value is -3.06. The lowest BCUT2D eigenvalue weighted by molar-refractivity contribution is -0.129. The Morgan fingerprint density at radius 1 is 1.00 bits per heavy atom. The average Bonchev–Trinajstić information content (AvgIpc) is 2.83. The first-order valence-corrected chi connectivity index (χ1v) is 11.0. The maximum absolute atomic E-state index is 12.6. The summed E-state index contributed by atoms with van der Waals surface area (Å²) in [4.78, 5) is 21.2. The molecule has 7 nitrogen and oxygen atoms in total. The highest BCUT2D eigenvalue weighted by molar-refractivity contribution is 5.85. The van der Waals surface area contributed by atoms with Crippen molar-refractivity contribution >= 4 is 17.6 Å². The number of hydrogen-bond donors (Lipinski definition) is 3. The third kappa shape index (κ3) is 7.00. The molecule has 0 radical (unpaired) electrons. The lowest BCUT2D eigenvalue weighted by Gasteiger charge is -2.36. The van der Waals surface area contributed by atoms with Crippen LogP contribution in [-0.4, -0.2) is 67.7 Å². The van der Waals surface area contributed by atoms with Crippen LogP contribution in [0.5, 0.6) is 0 Å². The maximum atomic E-state index is 12.6. The minimum absolute atomic E-state index is 0.0363. The smallest absolute Gasteiger partial charge is 0.244 e. The van der Waals surface area contributed by atoms with Gasteiger partial charge in [-0.2, -0.15) is 0 Å². The molecule has 1 aliphatic heterocycles. The van der Waals surface area contributed by atoms with Crippen LogP contribution in [0.15, 0.2) is 65.7 Å². The number of benzene rings is 2.